The summed E-state index contributed by atoms with van der Waals surface area (Å²) in [6, 6.07) is 24.7. The third-order valence-electron chi connectivity index (χ3n) is 5.29. The molecule has 5 rings (SSSR count). The summed E-state index contributed by atoms with van der Waals surface area (Å²) in [5, 5.41) is 9.33. The molecule has 0 bridgehead atoms. The van der Waals surface area contributed by atoms with Crippen LogP contribution in [0.4, 0.5) is 5.69 Å². The molecular weight excluding hydrogens is 486 g/mol. The zero-order valence-electron chi connectivity index (χ0n) is 18.0. The summed E-state index contributed by atoms with van der Waals surface area (Å²) in [5.74, 6) is 0.108. The van der Waals surface area contributed by atoms with Crippen LogP contribution in [0.3, 0.4) is 0 Å². The molecule has 0 aliphatic rings. The summed E-state index contributed by atoms with van der Waals surface area (Å²) in [6.45, 7) is 0. The molecule has 34 heavy (non-hydrogen) atoms. The molecule has 4 aromatic carbocycles. The Balaban J connectivity index is 1.41. The van der Waals surface area contributed by atoms with Crippen LogP contribution in [0, 0.1) is 0 Å². The van der Waals surface area contributed by atoms with Crippen molar-refractivity contribution in [3.05, 3.63) is 89.4 Å². The van der Waals surface area contributed by atoms with Crippen LogP contribution in [0.1, 0.15) is 10.4 Å². The number of benzene rings is 4. The van der Waals surface area contributed by atoms with Crippen LogP contribution >= 0.6 is 35.2 Å². The Morgan fingerprint density at radius 2 is 1.74 bits per heavy atom. The first-order valence-corrected chi connectivity index (χ1v) is 12.0. The molecule has 0 unspecified atom stereocenters. The van der Waals surface area contributed by atoms with Gasteiger partial charge in [-0.25, -0.2) is 4.98 Å². The van der Waals surface area contributed by atoms with E-state index in [0.717, 1.165) is 31.6 Å². The van der Waals surface area contributed by atoms with Gasteiger partial charge < -0.3 is 10.1 Å². The first-order valence-electron chi connectivity index (χ1n) is 10.4. The van der Waals surface area contributed by atoms with Crippen molar-refractivity contribution >= 4 is 72.9 Å². The van der Waals surface area contributed by atoms with E-state index in [0.29, 0.717) is 22.0 Å². The molecule has 1 heterocycles. The minimum atomic E-state index is -0.365. The Morgan fingerprint density at radius 1 is 1.00 bits per heavy atom. The Bertz CT molecular complexity index is 1530. The predicted octanol–water partition coefficient (Wildman–Crippen LogP) is 6.91. The zero-order chi connectivity index (χ0) is 23.7. The van der Waals surface area contributed by atoms with E-state index in [9.17, 15) is 4.79 Å². The van der Waals surface area contributed by atoms with Crippen molar-refractivity contribution < 1.29 is 9.53 Å². The van der Waals surface area contributed by atoms with E-state index < -0.39 is 0 Å². The number of ether oxygens (including phenoxy) is 1. The SMILES string of the molecule is COc1cc2ccccc2cc1C(=O)NC(=S)Nc1ccc(Cl)cc1-c1nc2ccccc2s1. The number of carbonyl (C=O) groups excluding carboxylic acids is 1. The van der Waals surface area contributed by atoms with Gasteiger partial charge in [-0.15, -0.1) is 11.3 Å². The van der Waals surface area contributed by atoms with E-state index >= 15 is 0 Å². The van der Waals surface area contributed by atoms with Crippen molar-refractivity contribution in [3.8, 4) is 16.3 Å². The third kappa shape index (κ3) is 4.46. The highest BCUT2D eigenvalue weighted by atomic mass is 35.5. The van der Waals surface area contributed by atoms with Gasteiger partial charge in [-0.3, -0.25) is 10.1 Å². The van der Waals surface area contributed by atoms with Crippen molar-refractivity contribution in [2.45, 2.75) is 0 Å². The number of aromatic nitrogens is 1. The van der Waals surface area contributed by atoms with Crippen molar-refractivity contribution in [1.82, 2.24) is 10.3 Å². The lowest BCUT2D eigenvalue weighted by Gasteiger charge is -2.14. The van der Waals surface area contributed by atoms with E-state index in [1.807, 2.05) is 66.7 Å². The van der Waals surface area contributed by atoms with Crippen molar-refractivity contribution in [2.75, 3.05) is 12.4 Å². The second-order valence-corrected chi connectivity index (χ2v) is 9.36. The monoisotopic (exact) mass is 503 g/mol. The first-order chi connectivity index (χ1) is 16.5. The first kappa shape index (κ1) is 22.3. The average molecular weight is 504 g/mol. The summed E-state index contributed by atoms with van der Waals surface area (Å²) < 4.78 is 6.52. The second-order valence-electron chi connectivity index (χ2n) is 7.48. The number of fused-ring (bicyclic) bond motifs is 2. The molecule has 5 aromatic rings. The molecule has 0 spiro atoms. The molecule has 2 N–H and O–H groups in total. The highest BCUT2D eigenvalue weighted by molar-refractivity contribution is 7.80. The van der Waals surface area contributed by atoms with Crippen LogP contribution in [0.15, 0.2) is 78.9 Å². The normalized spacial score (nSPS) is 10.9. The van der Waals surface area contributed by atoms with Crippen molar-refractivity contribution in [1.29, 1.82) is 0 Å². The number of nitrogens with zero attached hydrogens (tertiary/aromatic N) is 1. The number of rotatable bonds is 4. The summed E-state index contributed by atoms with van der Waals surface area (Å²) >= 11 is 13.3. The van der Waals surface area contributed by atoms with E-state index in [1.165, 1.54) is 7.11 Å². The lowest BCUT2D eigenvalue weighted by atomic mass is 10.1. The highest BCUT2D eigenvalue weighted by Crippen LogP contribution is 2.36. The summed E-state index contributed by atoms with van der Waals surface area (Å²) in [4.78, 5) is 17.8. The molecule has 0 aliphatic carbocycles. The fourth-order valence-corrected chi connectivity index (χ4v) is 5.05. The molecule has 0 saturated carbocycles. The van der Waals surface area contributed by atoms with Crippen LogP contribution in [0.25, 0.3) is 31.6 Å². The molecule has 5 nitrogen and oxygen atoms in total. The number of thiazole rings is 1. The number of halogens is 1. The number of hydrogen-bond donors (Lipinski definition) is 2. The molecule has 0 radical (unpaired) electrons. The summed E-state index contributed by atoms with van der Waals surface area (Å²) in [5.41, 5.74) is 2.80. The number of thiocarbonyl (C=S) groups is 1. The number of carbonyl (C=O) groups is 1. The Kier molecular flexibility index (Phi) is 6.15. The maximum atomic E-state index is 13.0. The number of hydrogen-bond acceptors (Lipinski definition) is 5. The second kappa shape index (κ2) is 9.38. The minimum absolute atomic E-state index is 0.157. The number of methoxy groups -OCH3 is 1. The van der Waals surface area contributed by atoms with Crippen LogP contribution in [0.2, 0.25) is 5.02 Å². The van der Waals surface area contributed by atoms with Crippen LogP contribution in [-0.4, -0.2) is 23.1 Å². The van der Waals surface area contributed by atoms with Crippen LogP contribution in [0.5, 0.6) is 5.75 Å². The Morgan fingerprint density at radius 3 is 2.50 bits per heavy atom. The molecule has 8 heteroatoms. The number of amides is 1. The third-order valence-corrected chi connectivity index (χ3v) is 6.80. The number of anilines is 1. The maximum absolute atomic E-state index is 13.0. The molecule has 168 valence electrons. The minimum Gasteiger partial charge on any atom is -0.496 e. The molecule has 1 aromatic heterocycles. The van der Waals surface area contributed by atoms with E-state index in [4.69, 9.17) is 33.5 Å². The lowest BCUT2D eigenvalue weighted by molar-refractivity contribution is 0.0975. The molecule has 1 amide bonds. The quantitative estimate of drug-likeness (QED) is 0.261. The van der Waals surface area contributed by atoms with Gasteiger partial charge in [-0.05, 0) is 65.5 Å². The molecular formula is C26H18ClN3O2S2. The van der Waals surface area contributed by atoms with Gasteiger partial charge in [0.05, 0.1) is 28.6 Å². The highest BCUT2D eigenvalue weighted by Gasteiger charge is 2.17. The van der Waals surface area contributed by atoms with Gasteiger partial charge in [0.1, 0.15) is 10.8 Å². The standard InChI is InChI=1S/C26H18ClN3O2S2/c1-32-22-13-16-7-3-2-6-15(16)12-19(22)24(31)30-26(33)29-20-11-10-17(27)14-18(20)25-28-21-8-4-5-9-23(21)34-25/h2-14H,1H3,(H2,29,30,31,33). The zero-order valence-corrected chi connectivity index (χ0v) is 20.4. The van der Waals surface area contributed by atoms with Gasteiger partial charge in [-0.1, -0.05) is 48.0 Å². The topological polar surface area (TPSA) is 63.2 Å². The summed E-state index contributed by atoms with van der Waals surface area (Å²) in [6.07, 6.45) is 0. The van der Waals surface area contributed by atoms with Crippen molar-refractivity contribution in [3.63, 3.8) is 0 Å². The van der Waals surface area contributed by atoms with E-state index in [-0.39, 0.29) is 11.0 Å². The predicted molar refractivity (Wildman–Crippen MR) is 144 cm³/mol. The molecule has 0 aliphatic heterocycles. The van der Waals surface area contributed by atoms with Crippen LogP contribution in [-0.2, 0) is 0 Å². The van der Waals surface area contributed by atoms with Crippen LogP contribution < -0.4 is 15.4 Å². The lowest BCUT2D eigenvalue weighted by Crippen LogP contribution is -2.34. The molecule has 0 atom stereocenters. The fourth-order valence-electron chi connectivity index (χ4n) is 3.68. The van der Waals surface area contributed by atoms with Gasteiger partial charge in [-0.2, -0.15) is 0 Å². The van der Waals surface area contributed by atoms with Gasteiger partial charge in [0.15, 0.2) is 5.11 Å². The average Bonchev–Trinajstić information content (AvgIpc) is 3.28. The van der Waals surface area contributed by atoms with E-state index in [1.54, 1.807) is 23.5 Å². The van der Waals surface area contributed by atoms with E-state index in [2.05, 4.69) is 10.6 Å². The van der Waals surface area contributed by atoms with Gasteiger partial charge in [0.25, 0.3) is 5.91 Å². The number of para-hydroxylation sites is 1. The van der Waals surface area contributed by atoms with Gasteiger partial charge >= 0.3 is 0 Å². The van der Waals surface area contributed by atoms with Gasteiger partial charge in [0, 0.05) is 10.6 Å². The smallest absolute Gasteiger partial charge is 0.261 e. The largest absolute Gasteiger partial charge is 0.496 e. The Hall–Kier alpha value is -3.52. The molecule has 0 fully saturated rings. The summed E-state index contributed by atoms with van der Waals surface area (Å²) in [7, 11) is 1.54. The maximum Gasteiger partial charge on any atom is 0.261 e. The number of nitrogens with one attached hydrogen (secondary N) is 2. The molecule has 0 saturated heterocycles. The fraction of sp³-hybridized carbons (Fsp3) is 0.0385. The van der Waals surface area contributed by atoms with Gasteiger partial charge in [0.2, 0.25) is 0 Å². The Labute approximate surface area is 210 Å². The van der Waals surface area contributed by atoms with Crippen molar-refractivity contribution in [2.24, 2.45) is 0 Å².